The Balaban J connectivity index is 1.87. The fourth-order valence-corrected chi connectivity index (χ4v) is 5.52. The molecule has 1 saturated heterocycles. The van der Waals surface area contributed by atoms with E-state index < -0.39 is 47.2 Å². The first-order valence-electron chi connectivity index (χ1n) is 18.6. The fourth-order valence-electron chi connectivity index (χ4n) is 5.52. The molecule has 3 atom stereocenters. The van der Waals surface area contributed by atoms with Crippen LogP contribution in [0.4, 0.5) is 10.5 Å². The summed E-state index contributed by atoms with van der Waals surface area (Å²) in [4.78, 5) is 101. The number of likely N-dealkylation sites (tertiary alicyclic amines) is 1. The number of amides is 8. The molecular formula is C38H59N7O9. The predicted octanol–water partition coefficient (Wildman–Crippen LogP) is 2.50. The lowest BCUT2D eigenvalue weighted by Crippen LogP contribution is -2.54. The second-order valence-corrected chi connectivity index (χ2v) is 15.3. The van der Waals surface area contributed by atoms with Crippen molar-refractivity contribution in [1.29, 1.82) is 0 Å². The number of hydrogen-bond donors (Lipinski definition) is 6. The zero-order chi connectivity index (χ0) is 40.6. The summed E-state index contributed by atoms with van der Waals surface area (Å²) in [7, 11) is 0. The summed E-state index contributed by atoms with van der Waals surface area (Å²) in [5, 5.41) is 13.5. The van der Waals surface area contributed by atoms with Crippen LogP contribution in [0, 0.1) is 23.2 Å². The van der Waals surface area contributed by atoms with Gasteiger partial charge in [0.2, 0.25) is 35.4 Å². The molecule has 300 valence electrons. The lowest BCUT2D eigenvalue weighted by Gasteiger charge is -2.25. The molecule has 16 nitrogen and oxygen atoms in total. The minimum absolute atomic E-state index is 0.0137. The van der Waals surface area contributed by atoms with Crippen LogP contribution in [0.2, 0.25) is 0 Å². The van der Waals surface area contributed by atoms with Crippen LogP contribution in [0.1, 0.15) is 99.0 Å². The Morgan fingerprint density at radius 3 is 2.07 bits per heavy atom. The maximum Gasteiger partial charge on any atom is 0.312 e. The van der Waals surface area contributed by atoms with Crippen molar-refractivity contribution in [2.24, 2.45) is 28.9 Å². The zero-order valence-corrected chi connectivity index (χ0v) is 32.7. The van der Waals surface area contributed by atoms with Gasteiger partial charge in [0.15, 0.2) is 0 Å². The molecular weight excluding hydrogens is 698 g/mol. The molecule has 1 aliphatic rings. The van der Waals surface area contributed by atoms with Gasteiger partial charge in [-0.05, 0) is 76.0 Å². The number of benzene rings is 1. The Kier molecular flexibility index (Phi) is 18.1. The van der Waals surface area contributed by atoms with E-state index in [1.807, 2.05) is 13.8 Å². The monoisotopic (exact) mass is 757 g/mol. The second kappa shape index (κ2) is 21.6. The number of nitrogens with zero attached hydrogens (tertiary/aromatic N) is 1. The van der Waals surface area contributed by atoms with Crippen LogP contribution in [0.15, 0.2) is 24.3 Å². The minimum atomic E-state index is -1.01. The molecule has 0 aromatic heterocycles. The molecule has 0 spiro atoms. The summed E-state index contributed by atoms with van der Waals surface area (Å²) >= 11 is 0. The summed E-state index contributed by atoms with van der Waals surface area (Å²) in [6.07, 6.45) is 2.40. The van der Waals surface area contributed by atoms with Crippen molar-refractivity contribution >= 4 is 53.1 Å². The molecule has 8 amide bonds. The molecule has 2 rings (SSSR count). The maximum atomic E-state index is 13.4. The molecule has 1 heterocycles. The summed E-state index contributed by atoms with van der Waals surface area (Å²) in [6.45, 7) is 12.8. The normalized spacial score (nSPS) is 15.4. The molecule has 0 radical (unpaired) electrons. The number of ether oxygens (including phenoxy) is 1. The van der Waals surface area contributed by atoms with Gasteiger partial charge in [0, 0.05) is 37.5 Å². The number of urea groups is 1. The Labute approximate surface area is 317 Å². The van der Waals surface area contributed by atoms with Gasteiger partial charge >= 0.3 is 12.0 Å². The van der Waals surface area contributed by atoms with Crippen molar-refractivity contribution in [2.45, 2.75) is 112 Å². The standard InChI is InChI=1S/C38H59N7O9/c1-23(2)27-20-31(48)45(35(27)51)21-30(47)40-18-10-8-9-13-29(46)44-32(24(3)4)34(50)43-28(12-11-19-41-37(39)53)33(49)42-26-16-14-25(15-17-26)22-54-36(52)38(5,6)7/h14-17,23-24,27-28,32H,8-13,18-22H2,1-7H3,(H,40,47)(H,42,49)(H,43,50)(H,44,46)(H3,39,41,53)/t27?,28-,32-/m0/s1. The quantitative estimate of drug-likeness (QED) is 0.0613. The number of imide groups is 1. The molecule has 1 aliphatic heterocycles. The number of carbonyl (C=O) groups excluding carboxylic acids is 8. The highest BCUT2D eigenvalue weighted by Gasteiger charge is 2.40. The first kappa shape index (κ1) is 45.1. The zero-order valence-electron chi connectivity index (χ0n) is 32.7. The Morgan fingerprint density at radius 2 is 1.50 bits per heavy atom. The van der Waals surface area contributed by atoms with E-state index in [-0.39, 0.29) is 74.5 Å². The van der Waals surface area contributed by atoms with Gasteiger partial charge in [-0.2, -0.15) is 0 Å². The van der Waals surface area contributed by atoms with E-state index in [0.29, 0.717) is 37.9 Å². The lowest BCUT2D eigenvalue weighted by molar-refractivity contribution is -0.154. The molecule has 1 fully saturated rings. The molecule has 7 N–H and O–H groups in total. The van der Waals surface area contributed by atoms with E-state index >= 15 is 0 Å². The van der Waals surface area contributed by atoms with E-state index in [4.69, 9.17) is 10.5 Å². The van der Waals surface area contributed by atoms with Crippen LogP contribution in [-0.2, 0) is 44.9 Å². The summed E-state index contributed by atoms with van der Waals surface area (Å²) < 4.78 is 5.34. The van der Waals surface area contributed by atoms with Gasteiger partial charge in [0.25, 0.3) is 0 Å². The van der Waals surface area contributed by atoms with Crippen LogP contribution in [-0.4, -0.2) is 84.1 Å². The van der Waals surface area contributed by atoms with E-state index in [1.165, 1.54) is 0 Å². The number of anilines is 1. The van der Waals surface area contributed by atoms with Crippen LogP contribution in [0.25, 0.3) is 0 Å². The summed E-state index contributed by atoms with van der Waals surface area (Å²) in [5.41, 5.74) is 5.69. The third kappa shape index (κ3) is 15.5. The van der Waals surface area contributed by atoms with Gasteiger partial charge in [0.1, 0.15) is 25.2 Å². The third-order valence-electron chi connectivity index (χ3n) is 8.86. The van der Waals surface area contributed by atoms with Gasteiger partial charge in [-0.3, -0.25) is 38.5 Å². The van der Waals surface area contributed by atoms with Crippen molar-refractivity contribution in [2.75, 3.05) is 25.0 Å². The molecule has 0 saturated carbocycles. The Bertz CT molecular complexity index is 1490. The van der Waals surface area contributed by atoms with E-state index in [2.05, 4.69) is 26.6 Å². The van der Waals surface area contributed by atoms with Crippen LogP contribution < -0.4 is 32.3 Å². The highest BCUT2D eigenvalue weighted by atomic mass is 16.5. The number of hydrogen-bond acceptors (Lipinski definition) is 9. The average molecular weight is 758 g/mol. The number of nitrogens with two attached hydrogens (primary N) is 1. The second-order valence-electron chi connectivity index (χ2n) is 15.3. The predicted molar refractivity (Wildman–Crippen MR) is 201 cm³/mol. The van der Waals surface area contributed by atoms with Crippen LogP contribution >= 0.6 is 0 Å². The highest BCUT2D eigenvalue weighted by Crippen LogP contribution is 2.26. The van der Waals surface area contributed by atoms with Crippen molar-refractivity contribution in [3.8, 4) is 0 Å². The minimum Gasteiger partial charge on any atom is -0.460 e. The molecule has 54 heavy (non-hydrogen) atoms. The van der Waals surface area contributed by atoms with E-state index in [1.54, 1.807) is 58.9 Å². The largest absolute Gasteiger partial charge is 0.460 e. The number of rotatable bonds is 21. The molecule has 0 aliphatic carbocycles. The molecule has 1 unspecified atom stereocenters. The SMILES string of the molecule is CC(C)C1CC(=O)N(CC(=O)NCCCCCC(=O)N[C@H](C(=O)N[C@@H](CCCNC(N)=O)C(=O)Nc2ccc(COC(=O)C(C)(C)C)cc2)C(C)C)C1=O. The first-order valence-corrected chi connectivity index (χ1v) is 18.6. The first-order chi connectivity index (χ1) is 25.3. The number of nitrogens with one attached hydrogen (secondary N) is 5. The van der Waals surface area contributed by atoms with Crippen molar-refractivity contribution < 1.29 is 43.1 Å². The van der Waals surface area contributed by atoms with Crippen molar-refractivity contribution in [3.63, 3.8) is 0 Å². The van der Waals surface area contributed by atoms with Gasteiger partial charge < -0.3 is 37.1 Å². The van der Waals surface area contributed by atoms with Crippen molar-refractivity contribution in [3.05, 3.63) is 29.8 Å². The van der Waals surface area contributed by atoms with Gasteiger partial charge in [0.05, 0.1) is 5.41 Å². The van der Waals surface area contributed by atoms with Gasteiger partial charge in [-0.15, -0.1) is 0 Å². The molecule has 0 bridgehead atoms. The number of esters is 1. The van der Waals surface area contributed by atoms with E-state index in [9.17, 15) is 38.4 Å². The Hall–Kier alpha value is -5.02. The summed E-state index contributed by atoms with van der Waals surface area (Å²) in [5.74, 6) is -3.52. The smallest absolute Gasteiger partial charge is 0.312 e. The molecule has 1 aromatic carbocycles. The maximum absolute atomic E-state index is 13.4. The third-order valence-corrected chi connectivity index (χ3v) is 8.86. The fraction of sp³-hybridized carbons (Fsp3) is 0.632. The number of unbranched alkanes of at least 4 members (excludes halogenated alkanes) is 2. The number of carbonyl (C=O) groups is 8. The van der Waals surface area contributed by atoms with Crippen molar-refractivity contribution in [1.82, 2.24) is 26.2 Å². The van der Waals surface area contributed by atoms with Gasteiger partial charge in [-0.1, -0.05) is 46.2 Å². The van der Waals surface area contributed by atoms with Crippen LogP contribution in [0.3, 0.4) is 0 Å². The Morgan fingerprint density at radius 1 is 0.852 bits per heavy atom. The highest BCUT2D eigenvalue weighted by molar-refractivity contribution is 6.06. The van der Waals surface area contributed by atoms with Gasteiger partial charge in [-0.25, -0.2) is 4.79 Å². The van der Waals surface area contributed by atoms with E-state index in [0.717, 1.165) is 10.5 Å². The average Bonchev–Trinajstić information content (AvgIpc) is 3.37. The summed E-state index contributed by atoms with van der Waals surface area (Å²) in [6, 6.07) is 4.06. The van der Waals surface area contributed by atoms with Crippen LogP contribution in [0.5, 0.6) is 0 Å². The molecule has 1 aromatic rings. The topological polar surface area (TPSA) is 235 Å². The molecule has 16 heteroatoms. The number of primary amides is 1. The lowest BCUT2D eigenvalue weighted by atomic mass is 9.94.